The average molecular weight is 342 g/mol. The van der Waals surface area contributed by atoms with Gasteiger partial charge in [-0.2, -0.15) is 0 Å². The van der Waals surface area contributed by atoms with E-state index in [0.717, 1.165) is 0 Å². The lowest BCUT2D eigenvalue weighted by molar-refractivity contribution is -0.385. The molecule has 0 amide bonds. The van der Waals surface area contributed by atoms with Crippen LogP contribution in [0.2, 0.25) is 0 Å². The molecule has 0 aromatic heterocycles. The Balaban J connectivity index is 1.97. The summed E-state index contributed by atoms with van der Waals surface area (Å²) in [5.41, 5.74) is 0.414. The van der Waals surface area contributed by atoms with Crippen LogP contribution in [0.5, 0.6) is 5.75 Å². The maximum atomic E-state index is 13.3. The second-order valence-corrected chi connectivity index (χ2v) is 5.03. The number of hydrogen-bond acceptors (Lipinski definition) is 6. The molecule has 0 aliphatic carbocycles. The molecule has 126 valence electrons. The van der Waals surface area contributed by atoms with Gasteiger partial charge in [-0.15, -0.1) is 0 Å². The minimum atomic E-state index is -0.724. The molecule has 8 heteroatoms. The van der Waals surface area contributed by atoms with E-state index in [1.807, 2.05) is 0 Å². The molecule has 1 aliphatic heterocycles. The molecule has 0 atom stereocenters. The standard InChI is InChI=1S/C17H11FN2O5/c1-24-15-6-5-10(8-14(15)20(22)23)7-13-17(21)25-16(19-13)11-3-2-4-12(18)9-11/h2-9H,1H3. The van der Waals surface area contributed by atoms with Crippen LogP contribution in [-0.4, -0.2) is 23.9 Å². The fourth-order valence-corrected chi connectivity index (χ4v) is 2.25. The number of rotatable bonds is 4. The SMILES string of the molecule is COc1ccc(C=C2N=C(c3cccc(F)c3)OC2=O)cc1[N+](=O)[O-]. The van der Waals surface area contributed by atoms with Crippen molar-refractivity contribution in [3.63, 3.8) is 0 Å². The third kappa shape index (κ3) is 3.37. The summed E-state index contributed by atoms with van der Waals surface area (Å²) < 4.78 is 23.2. The van der Waals surface area contributed by atoms with E-state index in [9.17, 15) is 19.3 Å². The Kier molecular flexibility index (Phi) is 4.25. The van der Waals surface area contributed by atoms with Crippen LogP contribution in [0.3, 0.4) is 0 Å². The molecule has 0 N–H and O–H groups in total. The lowest BCUT2D eigenvalue weighted by atomic mass is 10.1. The Morgan fingerprint density at radius 1 is 1.28 bits per heavy atom. The van der Waals surface area contributed by atoms with Gasteiger partial charge in [-0.25, -0.2) is 14.2 Å². The third-order valence-electron chi connectivity index (χ3n) is 3.40. The maximum absolute atomic E-state index is 13.3. The molecule has 2 aromatic carbocycles. The number of carbonyl (C=O) groups excluding carboxylic acids is 1. The van der Waals surface area contributed by atoms with E-state index in [4.69, 9.17) is 9.47 Å². The topological polar surface area (TPSA) is 91.0 Å². The fourth-order valence-electron chi connectivity index (χ4n) is 2.25. The van der Waals surface area contributed by atoms with Crippen LogP contribution in [-0.2, 0) is 9.53 Å². The number of ether oxygens (including phenoxy) is 2. The summed E-state index contributed by atoms with van der Waals surface area (Å²) in [4.78, 5) is 26.4. The van der Waals surface area contributed by atoms with Crippen molar-refractivity contribution in [2.75, 3.05) is 7.11 Å². The van der Waals surface area contributed by atoms with Gasteiger partial charge in [0, 0.05) is 11.6 Å². The van der Waals surface area contributed by atoms with Gasteiger partial charge in [0.1, 0.15) is 5.82 Å². The molecule has 0 fully saturated rings. The number of hydrogen-bond donors (Lipinski definition) is 0. The smallest absolute Gasteiger partial charge is 0.363 e. The Bertz CT molecular complexity index is 936. The summed E-state index contributed by atoms with van der Waals surface area (Å²) in [7, 11) is 1.32. The zero-order valence-electron chi connectivity index (χ0n) is 12.9. The zero-order chi connectivity index (χ0) is 18.0. The number of nitro groups is 1. The van der Waals surface area contributed by atoms with Gasteiger partial charge in [0.25, 0.3) is 0 Å². The summed E-state index contributed by atoms with van der Waals surface area (Å²) in [5, 5.41) is 11.1. The molecule has 0 radical (unpaired) electrons. The first-order valence-electron chi connectivity index (χ1n) is 7.09. The van der Waals surface area contributed by atoms with E-state index in [2.05, 4.69) is 4.99 Å². The number of carbonyl (C=O) groups is 1. The quantitative estimate of drug-likeness (QED) is 0.368. The Hall–Kier alpha value is -3.55. The summed E-state index contributed by atoms with van der Waals surface area (Å²) in [6.07, 6.45) is 1.35. The average Bonchev–Trinajstić information content (AvgIpc) is 2.95. The molecule has 1 aliphatic rings. The minimum Gasteiger partial charge on any atom is -0.490 e. The van der Waals surface area contributed by atoms with Gasteiger partial charge in [-0.05, 0) is 35.9 Å². The molecule has 0 saturated carbocycles. The van der Waals surface area contributed by atoms with E-state index in [1.54, 1.807) is 12.1 Å². The van der Waals surface area contributed by atoms with Crippen molar-refractivity contribution in [1.29, 1.82) is 0 Å². The predicted octanol–water partition coefficient (Wildman–Crippen LogP) is 3.09. The molecule has 0 bridgehead atoms. The summed E-state index contributed by atoms with van der Waals surface area (Å²) >= 11 is 0. The van der Waals surface area contributed by atoms with E-state index in [0.29, 0.717) is 11.1 Å². The van der Waals surface area contributed by atoms with Gasteiger partial charge in [0.15, 0.2) is 11.4 Å². The zero-order valence-corrected chi connectivity index (χ0v) is 12.9. The number of halogens is 1. The highest BCUT2D eigenvalue weighted by Gasteiger charge is 2.25. The van der Waals surface area contributed by atoms with Crippen LogP contribution in [0.1, 0.15) is 11.1 Å². The van der Waals surface area contributed by atoms with Gasteiger partial charge in [-0.3, -0.25) is 10.1 Å². The maximum Gasteiger partial charge on any atom is 0.363 e. The van der Waals surface area contributed by atoms with Crippen molar-refractivity contribution in [2.45, 2.75) is 0 Å². The van der Waals surface area contributed by atoms with Crippen molar-refractivity contribution in [1.82, 2.24) is 0 Å². The van der Waals surface area contributed by atoms with E-state index >= 15 is 0 Å². The van der Waals surface area contributed by atoms with E-state index < -0.39 is 16.7 Å². The molecule has 7 nitrogen and oxygen atoms in total. The molecule has 0 spiro atoms. The second kappa shape index (κ2) is 6.52. The Morgan fingerprint density at radius 2 is 2.08 bits per heavy atom. The van der Waals surface area contributed by atoms with Gasteiger partial charge in [-0.1, -0.05) is 12.1 Å². The van der Waals surface area contributed by atoms with Crippen LogP contribution in [0.25, 0.3) is 6.08 Å². The molecule has 25 heavy (non-hydrogen) atoms. The molecule has 0 unspecified atom stereocenters. The number of esters is 1. The lowest BCUT2D eigenvalue weighted by Gasteiger charge is -2.02. The number of aliphatic imine (C=N–C) groups is 1. The second-order valence-electron chi connectivity index (χ2n) is 5.03. The summed E-state index contributed by atoms with van der Waals surface area (Å²) in [5.74, 6) is -1.14. The van der Waals surface area contributed by atoms with Gasteiger partial charge in [0.05, 0.1) is 12.0 Å². The van der Waals surface area contributed by atoms with Crippen molar-refractivity contribution >= 4 is 23.6 Å². The first-order chi connectivity index (χ1) is 12.0. The molecule has 0 saturated heterocycles. The Labute approximate surface area is 141 Å². The van der Waals surface area contributed by atoms with Gasteiger partial charge < -0.3 is 9.47 Å². The number of nitro benzene ring substituents is 1. The van der Waals surface area contributed by atoms with E-state index in [-0.39, 0.29) is 23.0 Å². The highest BCUT2D eigenvalue weighted by atomic mass is 19.1. The molecular formula is C17H11FN2O5. The first-order valence-corrected chi connectivity index (χ1v) is 7.09. The molecular weight excluding hydrogens is 331 g/mol. The fraction of sp³-hybridized carbons (Fsp3) is 0.0588. The first kappa shape index (κ1) is 16.3. The van der Waals surface area contributed by atoms with Crippen LogP contribution in [0, 0.1) is 15.9 Å². The molecule has 3 rings (SSSR count). The normalized spacial score (nSPS) is 15.0. The van der Waals surface area contributed by atoms with Crippen molar-refractivity contribution < 1.29 is 23.6 Å². The highest BCUT2D eigenvalue weighted by molar-refractivity contribution is 6.12. The van der Waals surface area contributed by atoms with Crippen molar-refractivity contribution in [2.24, 2.45) is 4.99 Å². The largest absolute Gasteiger partial charge is 0.490 e. The number of nitrogens with zero attached hydrogens (tertiary/aromatic N) is 2. The lowest BCUT2D eigenvalue weighted by Crippen LogP contribution is -2.05. The monoisotopic (exact) mass is 342 g/mol. The van der Waals surface area contributed by atoms with Crippen LogP contribution in [0.15, 0.2) is 53.2 Å². The van der Waals surface area contributed by atoms with Crippen molar-refractivity contribution in [3.8, 4) is 5.75 Å². The summed E-state index contributed by atoms with van der Waals surface area (Å²) in [6.45, 7) is 0. The van der Waals surface area contributed by atoms with Crippen LogP contribution < -0.4 is 4.74 Å². The van der Waals surface area contributed by atoms with Crippen molar-refractivity contribution in [3.05, 3.63) is 75.2 Å². The predicted molar refractivity (Wildman–Crippen MR) is 86.7 cm³/mol. The van der Waals surface area contributed by atoms with Gasteiger partial charge in [0.2, 0.25) is 5.90 Å². The molecule has 1 heterocycles. The third-order valence-corrected chi connectivity index (χ3v) is 3.40. The van der Waals surface area contributed by atoms with E-state index in [1.165, 1.54) is 43.5 Å². The number of cyclic esters (lactones) is 1. The highest BCUT2D eigenvalue weighted by Crippen LogP contribution is 2.29. The molecule has 2 aromatic rings. The van der Waals surface area contributed by atoms with Gasteiger partial charge >= 0.3 is 11.7 Å². The minimum absolute atomic E-state index is 0.0289. The summed E-state index contributed by atoms with van der Waals surface area (Å²) in [6, 6.07) is 9.69. The number of methoxy groups -OCH3 is 1. The Morgan fingerprint density at radius 3 is 2.76 bits per heavy atom. The number of benzene rings is 2. The van der Waals surface area contributed by atoms with Crippen LogP contribution in [0.4, 0.5) is 10.1 Å². The van der Waals surface area contributed by atoms with Crippen LogP contribution >= 0.6 is 0 Å².